The molecule has 1 rings (SSSR count). The van der Waals surface area contributed by atoms with Gasteiger partial charge in [-0.15, -0.1) is 0 Å². The summed E-state index contributed by atoms with van der Waals surface area (Å²) in [6, 6.07) is 1.81. The molecule has 7 heteroatoms. The third-order valence-corrected chi connectivity index (χ3v) is 4.73. The summed E-state index contributed by atoms with van der Waals surface area (Å²) in [5, 5.41) is 4.42. The molecule has 0 fully saturated rings. The van der Waals surface area contributed by atoms with Gasteiger partial charge >= 0.3 is 0 Å². The monoisotopic (exact) mass is 302 g/mol. The molecule has 0 aliphatic heterocycles. The van der Waals surface area contributed by atoms with Crippen LogP contribution in [0.4, 0.5) is 0 Å². The number of nitrogens with one attached hydrogen (secondary N) is 1. The van der Waals surface area contributed by atoms with E-state index in [0.29, 0.717) is 18.8 Å². The van der Waals surface area contributed by atoms with Crippen molar-refractivity contribution in [3.05, 3.63) is 11.8 Å². The standard InChI is InChI=1S/C13H26N4O2S/c1-6-8-12(16(4)5)10-14-20(18,19)13-9-11(3)15-17(13)7-2/h9,12,14H,6-8,10H2,1-5H3/t12-/m1/s1. The minimum atomic E-state index is -3.51. The van der Waals surface area contributed by atoms with E-state index >= 15 is 0 Å². The van der Waals surface area contributed by atoms with Crippen LogP contribution in [0.3, 0.4) is 0 Å². The van der Waals surface area contributed by atoms with Gasteiger partial charge in [0.1, 0.15) is 0 Å². The molecule has 0 aliphatic carbocycles. The largest absolute Gasteiger partial charge is 0.305 e. The van der Waals surface area contributed by atoms with Crippen LogP contribution in [-0.4, -0.2) is 49.8 Å². The van der Waals surface area contributed by atoms with Crippen LogP contribution in [0, 0.1) is 6.92 Å². The van der Waals surface area contributed by atoms with E-state index in [1.54, 1.807) is 13.0 Å². The molecule has 1 N–H and O–H groups in total. The molecule has 0 saturated carbocycles. The number of sulfonamides is 1. The summed E-state index contributed by atoms with van der Waals surface area (Å²) in [7, 11) is 0.429. The molecule has 116 valence electrons. The Morgan fingerprint density at radius 3 is 2.55 bits per heavy atom. The van der Waals surface area contributed by atoms with E-state index in [1.807, 2.05) is 25.9 Å². The topological polar surface area (TPSA) is 67.2 Å². The molecule has 20 heavy (non-hydrogen) atoms. The Kier molecular flexibility index (Phi) is 6.16. The molecule has 0 radical (unpaired) electrons. The van der Waals surface area contributed by atoms with Crippen molar-refractivity contribution in [2.75, 3.05) is 20.6 Å². The molecule has 1 atom stereocenters. The van der Waals surface area contributed by atoms with Crippen molar-refractivity contribution in [1.29, 1.82) is 0 Å². The number of hydrogen-bond donors (Lipinski definition) is 1. The first kappa shape index (κ1) is 17.1. The maximum atomic E-state index is 12.4. The van der Waals surface area contributed by atoms with Crippen molar-refractivity contribution < 1.29 is 8.42 Å². The molecule has 0 bridgehead atoms. The molecule has 1 aromatic heterocycles. The number of hydrogen-bond acceptors (Lipinski definition) is 4. The lowest BCUT2D eigenvalue weighted by molar-refractivity contribution is 0.277. The van der Waals surface area contributed by atoms with Crippen molar-refractivity contribution in [2.45, 2.75) is 51.2 Å². The lowest BCUT2D eigenvalue weighted by atomic mass is 10.1. The molecule has 0 amide bonds. The Labute approximate surface area is 122 Å². The summed E-state index contributed by atoms with van der Waals surface area (Å²) in [5.41, 5.74) is 0.713. The van der Waals surface area contributed by atoms with Crippen LogP contribution in [0.25, 0.3) is 0 Å². The van der Waals surface area contributed by atoms with Gasteiger partial charge in [-0.05, 0) is 40.4 Å². The first-order valence-corrected chi connectivity index (χ1v) is 8.50. The summed E-state index contributed by atoms with van der Waals surface area (Å²) in [4.78, 5) is 2.05. The first-order chi connectivity index (χ1) is 9.31. The van der Waals surface area contributed by atoms with Crippen LogP contribution in [0.15, 0.2) is 11.1 Å². The number of aromatic nitrogens is 2. The molecule has 6 nitrogen and oxygen atoms in total. The summed E-state index contributed by atoms with van der Waals surface area (Å²) in [6.07, 6.45) is 1.98. The number of nitrogens with zero attached hydrogens (tertiary/aromatic N) is 3. The second-order valence-corrected chi connectivity index (χ2v) is 6.91. The van der Waals surface area contributed by atoms with Gasteiger partial charge in [0.15, 0.2) is 5.03 Å². The van der Waals surface area contributed by atoms with Gasteiger partial charge in [-0.2, -0.15) is 5.10 Å². The van der Waals surface area contributed by atoms with Gasteiger partial charge in [-0.1, -0.05) is 13.3 Å². The van der Waals surface area contributed by atoms with Crippen molar-refractivity contribution in [1.82, 2.24) is 19.4 Å². The van der Waals surface area contributed by atoms with Gasteiger partial charge in [0.05, 0.1) is 5.69 Å². The van der Waals surface area contributed by atoms with Crippen LogP contribution in [-0.2, 0) is 16.6 Å². The lowest BCUT2D eigenvalue weighted by Gasteiger charge is -2.24. The first-order valence-electron chi connectivity index (χ1n) is 7.02. The third kappa shape index (κ3) is 4.29. The highest BCUT2D eigenvalue weighted by atomic mass is 32.2. The highest BCUT2D eigenvalue weighted by Crippen LogP contribution is 2.11. The molecule has 0 aliphatic rings. The van der Waals surface area contributed by atoms with Gasteiger partial charge in [0.2, 0.25) is 0 Å². The SMILES string of the molecule is CCC[C@H](CNS(=O)(=O)c1cc(C)nn1CC)N(C)C. The van der Waals surface area contributed by atoms with Crippen molar-refractivity contribution in [3.63, 3.8) is 0 Å². The molecule has 0 aromatic carbocycles. The summed E-state index contributed by atoms with van der Waals surface area (Å²) < 4.78 is 28.9. The summed E-state index contributed by atoms with van der Waals surface area (Å²) in [6.45, 7) is 6.73. The molecular weight excluding hydrogens is 276 g/mol. The number of aryl methyl sites for hydroxylation is 2. The van der Waals surface area contributed by atoms with Gasteiger partial charge in [0, 0.05) is 19.1 Å². The fraction of sp³-hybridized carbons (Fsp3) is 0.769. The van der Waals surface area contributed by atoms with Crippen molar-refractivity contribution in [2.24, 2.45) is 0 Å². The highest BCUT2D eigenvalue weighted by molar-refractivity contribution is 7.89. The number of rotatable bonds is 8. The van der Waals surface area contributed by atoms with E-state index in [0.717, 1.165) is 12.8 Å². The van der Waals surface area contributed by atoms with Gasteiger partial charge < -0.3 is 4.90 Å². The maximum Gasteiger partial charge on any atom is 0.257 e. The second-order valence-electron chi connectivity index (χ2n) is 5.20. The fourth-order valence-electron chi connectivity index (χ4n) is 2.12. The Morgan fingerprint density at radius 1 is 1.40 bits per heavy atom. The zero-order valence-corrected chi connectivity index (χ0v) is 13.9. The van der Waals surface area contributed by atoms with E-state index in [4.69, 9.17) is 0 Å². The van der Waals surface area contributed by atoms with Crippen LogP contribution in [0.2, 0.25) is 0 Å². The van der Waals surface area contributed by atoms with E-state index < -0.39 is 10.0 Å². The zero-order chi connectivity index (χ0) is 15.3. The summed E-state index contributed by atoms with van der Waals surface area (Å²) in [5.74, 6) is 0. The van der Waals surface area contributed by atoms with E-state index in [2.05, 4.69) is 16.7 Å². The van der Waals surface area contributed by atoms with E-state index in [-0.39, 0.29) is 11.1 Å². The zero-order valence-electron chi connectivity index (χ0n) is 13.0. The molecular formula is C13H26N4O2S. The normalized spacial score (nSPS) is 13.9. The van der Waals surface area contributed by atoms with E-state index in [1.165, 1.54) is 4.68 Å². The number of likely N-dealkylation sites (N-methyl/N-ethyl adjacent to an activating group) is 1. The van der Waals surface area contributed by atoms with Gasteiger partial charge in [0.25, 0.3) is 10.0 Å². The maximum absolute atomic E-state index is 12.4. The molecule has 0 unspecified atom stereocenters. The van der Waals surface area contributed by atoms with Gasteiger partial charge in [-0.25, -0.2) is 13.1 Å². The Balaban J connectivity index is 2.84. The lowest BCUT2D eigenvalue weighted by Crippen LogP contribution is -2.40. The average Bonchev–Trinajstić information content (AvgIpc) is 2.76. The van der Waals surface area contributed by atoms with Crippen molar-refractivity contribution in [3.8, 4) is 0 Å². The third-order valence-electron chi connectivity index (χ3n) is 3.30. The quantitative estimate of drug-likeness (QED) is 0.784. The molecule has 0 spiro atoms. The molecule has 0 saturated heterocycles. The van der Waals surface area contributed by atoms with Crippen molar-refractivity contribution >= 4 is 10.0 Å². The smallest absolute Gasteiger partial charge is 0.257 e. The minimum absolute atomic E-state index is 0.203. The minimum Gasteiger partial charge on any atom is -0.305 e. The predicted octanol–water partition coefficient (Wildman–Crippen LogP) is 1.22. The molecule has 1 heterocycles. The van der Waals surface area contributed by atoms with Gasteiger partial charge in [-0.3, -0.25) is 4.68 Å². The van der Waals surface area contributed by atoms with E-state index in [9.17, 15) is 8.42 Å². The average molecular weight is 302 g/mol. The van der Waals surface area contributed by atoms with Crippen LogP contribution in [0.1, 0.15) is 32.4 Å². The van der Waals surface area contributed by atoms with Crippen LogP contribution < -0.4 is 4.72 Å². The Morgan fingerprint density at radius 2 is 2.05 bits per heavy atom. The summed E-state index contributed by atoms with van der Waals surface area (Å²) >= 11 is 0. The van der Waals surface area contributed by atoms with Crippen LogP contribution in [0.5, 0.6) is 0 Å². The Hall–Kier alpha value is -0.920. The second kappa shape index (κ2) is 7.19. The highest BCUT2D eigenvalue weighted by Gasteiger charge is 2.22. The fourth-order valence-corrected chi connectivity index (χ4v) is 3.45. The predicted molar refractivity (Wildman–Crippen MR) is 80.2 cm³/mol. The molecule has 1 aromatic rings. The Bertz CT molecular complexity index is 522. The van der Waals surface area contributed by atoms with Crippen LogP contribution >= 0.6 is 0 Å².